The highest BCUT2D eigenvalue weighted by atomic mass is 16.6. The number of hydrogen-bond donors (Lipinski definition) is 0. The van der Waals surface area contributed by atoms with Gasteiger partial charge in [-0.15, -0.1) is 0 Å². The standard InChI is InChI=1S/C16H23NO2/c1-13(2)15-10-6-7-11-17(15)16(18)19-12-14-8-4-3-5-9-14/h3-5,8-9,13,15H,6-7,10-12H2,1-2H3/t15-/m1/s1. The minimum atomic E-state index is -0.165. The largest absolute Gasteiger partial charge is 0.445 e. The van der Waals surface area contributed by atoms with Crippen LogP contribution in [0.4, 0.5) is 4.79 Å². The number of carbonyl (C=O) groups excluding carboxylic acids is 1. The molecule has 1 aromatic rings. The Kier molecular flexibility index (Phi) is 4.83. The van der Waals surface area contributed by atoms with Crippen LogP contribution >= 0.6 is 0 Å². The number of likely N-dealkylation sites (tertiary alicyclic amines) is 1. The lowest BCUT2D eigenvalue weighted by atomic mass is 9.93. The van der Waals surface area contributed by atoms with Crippen molar-refractivity contribution in [1.29, 1.82) is 0 Å². The monoisotopic (exact) mass is 261 g/mol. The van der Waals surface area contributed by atoms with E-state index in [4.69, 9.17) is 4.74 Å². The Hall–Kier alpha value is -1.51. The Morgan fingerprint density at radius 2 is 2.05 bits per heavy atom. The first-order valence-corrected chi connectivity index (χ1v) is 7.16. The van der Waals surface area contributed by atoms with Crippen molar-refractivity contribution in [2.24, 2.45) is 5.92 Å². The average molecular weight is 261 g/mol. The number of hydrogen-bond acceptors (Lipinski definition) is 2. The molecule has 1 saturated heterocycles. The highest BCUT2D eigenvalue weighted by Crippen LogP contribution is 2.23. The summed E-state index contributed by atoms with van der Waals surface area (Å²) in [5.41, 5.74) is 1.04. The van der Waals surface area contributed by atoms with E-state index in [1.54, 1.807) is 0 Å². The quantitative estimate of drug-likeness (QED) is 0.827. The van der Waals surface area contributed by atoms with Crippen LogP contribution in [0, 0.1) is 5.92 Å². The van der Waals surface area contributed by atoms with Gasteiger partial charge in [-0.1, -0.05) is 44.2 Å². The highest BCUT2D eigenvalue weighted by Gasteiger charge is 2.29. The van der Waals surface area contributed by atoms with E-state index in [1.165, 1.54) is 6.42 Å². The molecule has 0 unspecified atom stereocenters. The highest BCUT2D eigenvalue weighted by molar-refractivity contribution is 5.68. The van der Waals surface area contributed by atoms with Crippen molar-refractivity contribution in [3.05, 3.63) is 35.9 Å². The zero-order valence-electron chi connectivity index (χ0n) is 11.8. The molecule has 0 spiro atoms. The van der Waals surface area contributed by atoms with Gasteiger partial charge in [-0.25, -0.2) is 4.79 Å². The average Bonchev–Trinajstić information content (AvgIpc) is 2.46. The molecule has 1 atom stereocenters. The van der Waals surface area contributed by atoms with Crippen LogP contribution in [0.25, 0.3) is 0 Å². The van der Waals surface area contributed by atoms with Crippen LogP contribution in [0.2, 0.25) is 0 Å². The van der Waals surface area contributed by atoms with Gasteiger partial charge < -0.3 is 9.64 Å². The van der Waals surface area contributed by atoms with E-state index in [2.05, 4.69) is 13.8 Å². The first kappa shape index (κ1) is 13.9. The number of benzene rings is 1. The molecule has 0 aliphatic carbocycles. The fraction of sp³-hybridized carbons (Fsp3) is 0.562. The second-order valence-corrected chi connectivity index (χ2v) is 5.54. The van der Waals surface area contributed by atoms with Crippen molar-refractivity contribution in [3.63, 3.8) is 0 Å². The summed E-state index contributed by atoms with van der Waals surface area (Å²) in [5, 5.41) is 0. The van der Waals surface area contributed by atoms with Crippen LogP contribution in [0.1, 0.15) is 38.7 Å². The zero-order valence-corrected chi connectivity index (χ0v) is 11.8. The molecular weight excluding hydrogens is 238 g/mol. The molecule has 104 valence electrons. The molecule has 0 saturated carbocycles. The predicted molar refractivity (Wildman–Crippen MR) is 75.8 cm³/mol. The molecule has 0 bridgehead atoms. The van der Waals surface area contributed by atoms with Crippen molar-refractivity contribution in [1.82, 2.24) is 4.90 Å². The molecule has 1 aliphatic rings. The minimum Gasteiger partial charge on any atom is -0.445 e. The van der Waals surface area contributed by atoms with E-state index < -0.39 is 0 Å². The number of carbonyl (C=O) groups is 1. The molecule has 1 fully saturated rings. The number of nitrogens with zero attached hydrogens (tertiary/aromatic N) is 1. The van der Waals surface area contributed by atoms with Gasteiger partial charge in [0.1, 0.15) is 6.61 Å². The van der Waals surface area contributed by atoms with Crippen LogP contribution in [-0.4, -0.2) is 23.6 Å². The Morgan fingerprint density at radius 3 is 2.74 bits per heavy atom. The maximum Gasteiger partial charge on any atom is 0.410 e. The van der Waals surface area contributed by atoms with Gasteiger partial charge in [0.05, 0.1) is 0 Å². The molecular formula is C16H23NO2. The molecule has 1 aromatic carbocycles. The van der Waals surface area contributed by atoms with Gasteiger partial charge in [-0.2, -0.15) is 0 Å². The summed E-state index contributed by atoms with van der Waals surface area (Å²) < 4.78 is 5.43. The summed E-state index contributed by atoms with van der Waals surface area (Å²) in [6, 6.07) is 10.2. The SMILES string of the molecule is CC(C)[C@H]1CCCCN1C(=O)OCc1ccccc1. The summed E-state index contributed by atoms with van der Waals surface area (Å²) in [6.45, 7) is 5.54. The lowest BCUT2D eigenvalue weighted by Gasteiger charge is -2.37. The van der Waals surface area contributed by atoms with Crippen molar-refractivity contribution >= 4 is 6.09 Å². The molecule has 1 amide bonds. The van der Waals surface area contributed by atoms with Crippen LogP contribution in [0.15, 0.2) is 30.3 Å². The Morgan fingerprint density at radius 1 is 1.32 bits per heavy atom. The third-order valence-electron chi connectivity index (χ3n) is 3.76. The summed E-state index contributed by atoms with van der Waals surface area (Å²) in [7, 11) is 0. The smallest absolute Gasteiger partial charge is 0.410 e. The first-order valence-electron chi connectivity index (χ1n) is 7.16. The normalized spacial score (nSPS) is 19.5. The van der Waals surface area contributed by atoms with Gasteiger partial charge in [0, 0.05) is 12.6 Å². The van der Waals surface area contributed by atoms with Crippen LogP contribution in [0.5, 0.6) is 0 Å². The van der Waals surface area contributed by atoms with Gasteiger partial charge in [-0.05, 0) is 30.7 Å². The van der Waals surface area contributed by atoms with E-state index >= 15 is 0 Å². The van der Waals surface area contributed by atoms with Gasteiger partial charge in [0.25, 0.3) is 0 Å². The summed E-state index contributed by atoms with van der Waals surface area (Å²) >= 11 is 0. The fourth-order valence-corrected chi connectivity index (χ4v) is 2.68. The molecule has 0 N–H and O–H groups in total. The third-order valence-corrected chi connectivity index (χ3v) is 3.76. The topological polar surface area (TPSA) is 29.5 Å². The number of ether oxygens (including phenoxy) is 1. The van der Waals surface area contributed by atoms with Gasteiger partial charge >= 0.3 is 6.09 Å². The Bertz CT molecular complexity index is 402. The van der Waals surface area contributed by atoms with Gasteiger partial charge in [0.15, 0.2) is 0 Å². The summed E-state index contributed by atoms with van der Waals surface area (Å²) in [6.07, 6.45) is 3.23. The van der Waals surface area contributed by atoms with Crippen molar-refractivity contribution in [2.75, 3.05) is 6.54 Å². The molecule has 0 aromatic heterocycles. The third kappa shape index (κ3) is 3.72. The maximum absolute atomic E-state index is 12.2. The maximum atomic E-state index is 12.2. The fourth-order valence-electron chi connectivity index (χ4n) is 2.68. The minimum absolute atomic E-state index is 0.165. The first-order chi connectivity index (χ1) is 9.18. The van der Waals surface area contributed by atoms with E-state index in [-0.39, 0.29) is 6.09 Å². The van der Waals surface area contributed by atoms with Crippen LogP contribution in [0.3, 0.4) is 0 Å². The Labute approximate surface area is 115 Å². The Balaban J connectivity index is 1.91. The summed E-state index contributed by atoms with van der Waals surface area (Å²) in [4.78, 5) is 14.1. The van der Waals surface area contributed by atoms with Crippen LogP contribution < -0.4 is 0 Å². The van der Waals surface area contributed by atoms with E-state index in [1.807, 2.05) is 35.2 Å². The second-order valence-electron chi connectivity index (χ2n) is 5.54. The van der Waals surface area contributed by atoms with E-state index in [0.717, 1.165) is 24.9 Å². The second kappa shape index (κ2) is 6.60. The lowest BCUT2D eigenvalue weighted by molar-refractivity contribution is 0.0562. The molecule has 0 radical (unpaired) electrons. The van der Waals surface area contributed by atoms with Gasteiger partial charge in [-0.3, -0.25) is 0 Å². The van der Waals surface area contributed by atoms with Crippen molar-refractivity contribution < 1.29 is 9.53 Å². The van der Waals surface area contributed by atoms with Crippen molar-refractivity contribution in [2.45, 2.75) is 45.8 Å². The van der Waals surface area contributed by atoms with E-state index in [0.29, 0.717) is 18.6 Å². The summed E-state index contributed by atoms with van der Waals surface area (Å²) in [5.74, 6) is 0.490. The predicted octanol–water partition coefficient (Wildman–Crippen LogP) is 3.83. The molecule has 3 nitrogen and oxygen atoms in total. The molecule has 3 heteroatoms. The number of piperidine rings is 1. The molecule has 19 heavy (non-hydrogen) atoms. The van der Waals surface area contributed by atoms with Gasteiger partial charge in [0.2, 0.25) is 0 Å². The molecule has 1 aliphatic heterocycles. The van der Waals surface area contributed by atoms with Crippen molar-refractivity contribution in [3.8, 4) is 0 Å². The number of amides is 1. The lowest BCUT2D eigenvalue weighted by Crippen LogP contribution is -2.46. The zero-order chi connectivity index (χ0) is 13.7. The van der Waals surface area contributed by atoms with Crippen LogP contribution in [-0.2, 0) is 11.3 Å². The molecule has 1 heterocycles. The molecule has 2 rings (SSSR count). The number of rotatable bonds is 3. The van der Waals surface area contributed by atoms with E-state index in [9.17, 15) is 4.79 Å².